The summed E-state index contributed by atoms with van der Waals surface area (Å²) in [5, 5.41) is 0. The molecule has 26 heavy (non-hydrogen) atoms. The molecule has 0 aromatic rings. The third kappa shape index (κ3) is 43.2. The van der Waals surface area contributed by atoms with Gasteiger partial charge < -0.3 is 9.53 Å². The van der Waals surface area contributed by atoms with E-state index in [1.165, 1.54) is 0 Å². The number of terminal acetylenes is 1. The first kappa shape index (κ1) is 32.0. The van der Waals surface area contributed by atoms with E-state index in [2.05, 4.69) is 17.6 Å². The first-order chi connectivity index (χ1) is 11.6. The zero-order valence-corrected chi connectivity index (χ0v) is 15.7. The number of alkyl halides is 6. The Kier molecular flexibility index (Phi) is 20.6. The van der Waals surface area contributed by atoms with Crippen LogP contribution in [0, 0.1) is 18.8 Å². The average molecular weight is 394 g/mol. The van der Waals surface area contributed by atoms with Crippen LogP contribution >= 0.6 is 0 Å². The normalized spacial score (nSPS) is 11.9. The Morgan fingerprint density at radius 1 is 0.923 bits per heavy atom. The van der Waals surface area contributed by atoms with Gasteiger partial charge in [-0.25, -0.2) is 0 Å². The van der Waals surface area contributed by atoms with Crippen molar-refractivity contribution in [1.29, 1.82) is 0 Å². The highest BCUT2D eigenvalue weighted by atomic mass is 19.4. The number of aldehydes is 1. The molecule has 0 spiro atoms. The molecule has 1 atom stereocenters. The number of hydrogen-bond donors (Lipinski definition) is 0. The summed E-state index contributed by atoms with van der Waals surface area (Å²) < 4.78 is 71.6. The molecule has 0 aliphatic rings. The van der Waals surface area contributed by atoms with Crippen molar-refractivity contribution >= 4 is 12.8 Å². The molecule has 0 aliphatic carbocycles. The van der Waals surface area contributed by atoms with Crippen LogP contribution in [-0.4, -0.2) is 30.7 Å². The van der Waals surface area contributed by atoms with E-state index in [4.69, 9.17) is 0 Å². The van der Waals surface area contributed by atoms with Crippen molar-refractivity contribution in [3.63, 3.8) is 0 Å². The fourth-order valence-corrected chi connectivity index (χ4v) is 0.862. The van der Waals surface area contributed by atoms with Gasteiger partial charge in [0.25, 0.3) is 6.47 Å². The summed E-state index contributed by atoms with van der Waals surface area (Å²) in [5.74, 6) is -0.434. The van der Waals surface area contributed by atoms with Crippen LogP contribution in [0.5, 0.6) is 0 Å². The summed E-state index contributed by atoms with van der Waals surface area (Å²) in [6.07, 6.45) is -0.678. The van der Waals surface area contributed by atoms with Gasteiger partial charge in [-0.15, -0.1) is 12.8 Å². The fourth-order valence-electron chi connectivity index (χ4n) is 0.862. The van der Waals surface area contributed by atoms with E-state index in [-0.39, 0.29) is 12.0 Å². The maximum absolute atomic E-state index is 11.6. The molecular formula is C17H28F6O3. The van der Waals surface area contributed by atoms with E-state index < -0.39 is 31.1 Å². The quantitative estimate of drug-likeness (QED) is 0.340. The van der Waals surface area contributed by atoms with Crippen LogP contribution in [0.2, 0.25) is 0 Å². The molecular weight excluding hydrogens is 366 g/mol. The molecule has 0 rings (SSSR count). The minimum absolute atomic E-state index is 0.0799. The maximum atomic E-state index is 11.6. The molecule has 0 unspecified atom stereocenters. The minimum Gasteiger partial charge on any atom is -0.462 e. The van der Waals surface area contributed by atoms with Crippen molar-refractivity contribution in [2.75, 3.05) is 0 Å². The second-order valence-electron chi connectivity index (χ2n) is 5.75. The zero-order chi connectivity index (χ0) is 22.0. The van der Waals surface area contributed by atoms with Crippen molar-refractivity contribution in [2.24, 2.45) is 5.92 Å². The van der Waals surface area contributed by atoms with Crippen LogP contribution < -0.4 is 0 Å². The lowest BCUT2D eigenvalue weighted by Crippen LogP contribution is -2.17. The molecule has 0 aromatic heterocycles. The van der Waals surface area contributed by atoms with Gasteiger partial charge in [0.1, 0.15) is 11.9 Å². The fraction of sp³-hybridized carbons (Fsp3) is 0.765. The van der Waals surface area contributed by atoms with E-state index in [1.54, 1.807) is 6.92 Å². The SMILES string of the molecule is C#C.CC(C)(C)OC=O.CCC(F)(F)F.CC[C@H](C=O)CCC(F)(F)F. The van der Waals surface area contributed by atoms with E-state index in [0.29, 0.717) is 19.2 Å². The minimum atomic E-state index is -4.13. The summed E-state index contributed by atoms with van der Waals surface area (Å²) in [4.78, 5) is 19.7. The van der Waals surface area contributed by atoms with Crippen LogP contribution in [0.3, 0.4) is 0 Å². The van der Waals surface area contributed by atoms with Crippen molar-refractivity contribution in [1.82, 2.24) is 0 Å². The van der Waals surface area contributed by atoms with Gasteiger partial charge in [-0.1, -0.05) is 13.8 Å². The Morgan fingerprint density at radius 3 is 1.42 bits per heavy atom. The van der Waals surface area contributed by atoms with Crippen LogP contribution in [-0.2, 0) is 14.3 Å². The summed E-state index contributed by atoms with van der Waals surface area (Å²) >= 11 is 0. The van der Waals surface area contributed by atoms with Gasteiger partial charge in [-0.2, -0.15) is 26.3 Å². The lowest BCUT2D eigenvalue weighted by atomic mass is 10.0. The first-order valence-electron chi connectivity index (χ1n) is 7.65. The highest BCUT2D eigenvalue weighted by Crippen LogP contribution is 2.24. The molecule has 0 amide bonds. The molecule has 0 N–H and O–H groups in total. The Labute approximate surface area is 151 Å². The molecule has 0 saturated heterocycles. The van der Waals surface area contributed by atoms with E-state index in [0.717, 1.165) is 6.92 Å². The van der Waals surface area contributed by atoms with Gasteiger partial charge in [0, 0.05) is 18.8 Å². The van der Waals surface area contributed by atoms with Crippen molar-refractivity contribution < 1.29 is 40.7 Å². The summed E-state index contributed by atoms with van der Waals surface area (Å²) in [6, 6.07) is 0. The Morgan fingerprint density at radius 2 is 1.31 bits per heavy atom. The van der Waals surface area contributed by atoms with E-state index >= 15 is 0 Å². The largest absolute Gasteiger partial charge is 0.462 e. The number of ether oxygens (including phenoxy) is 1. The zero-order valence-electron chi connectivity index (χ0n) is 15.7. The standard InChI is InChI=1S/C7H11F3O.C5H10O2.C3H5F3.C2H2/c1-2-6(5-11)3-4-7(8,9)10;1-5(2,3)7-4-6;1-2-3(4,5)6;1-2/h5-6H,2-4H2,1H3;4H,1-3H3;2H2,1H3;1-2H/t6-;;;/m0.../s1. The van der Waals surface area contributed by atoms with Crippen LogP contribution in [0.1, 0.15) is 60.3 Å². The molecule has 3 nitrogen and oxygen atoms in total. The Hall–Kier alpha value is -1.72. The summed E-state index contributed by atoms with van der Waals surface area (Å²) in [7, 11) is 0. The number of halogens is 6. The third-order valence-electron chi connectivity index (χ3n) is 2.32. The lowest BCUT2D eigenvalue weighted by molar-refractivity contribution is -0.139. The van der Waals surface area contributed by atoms with Crippen molar-refractivity contribution in [3.05, 3.63) is 0 Å². The number of hydrogen-bond acceptors (Lipinski definition) is 3. The average Bonchev–Trinajstić information content (AvgIpc) is 2.48. The smallest absolute Gasteiger partial charge is 0.389 e. The first-order valence-corrected chi connectivity index (χ1v) is 7.65. The Bertz CT molecular complexity index is 354. The predicted molar refractivity (Wildman–Crippen MR) is 88.3 cm³/mol. The molecule has 0 radical (unpaired) electrons. The highest BCUT2D eigenvalue weighted by molar-refractivity contribution is 5.53. The van der Waals surface area contributed by atoms with E-state index in [9.17, 15) is 35.9 Å². The number of carbonyl (C=O) groups excluding carboxylic acids is 2. The molecule has 0 saturated carbocycles. The monoisotopic (exact) mass is 394 g/mol. The summed E-state index contributed by atoms with van der Waals surface area (Å²) in [5.41, 5.74) is -0.318. The van der Waals surface area contributed by atoms with Gasteiger partial charge in [0.15, 0.2) is 0 Å². The lowest BCUT2D eigenvalue weighted by Gasteiger charge is -2.14. The predicted octanol–water partition coefficient (Wildman–Crippen LogP) is 5.72. The topological polar surface area (TPSA) is 43.4 Å². The van der Waals surface area contributed by atoms with Gasteiger partial charge >= 0.3 is 12.4 Å². The maximum Gasteiger partial charge on any atom is 0.389 e. The van der Waals surface area contributed by atoms with Gasteiger partial charge in [-0.3, -0.25) is 4.79 Å². The number of carbonyl (C=O) groups is 2. The molecule has 156 valence electrons. The second kappa shape index (κ2) is 16.7. The molecule has 0 aromatic carbocycles. The highest BCUT2D eigenvalue weighted by Gasteiger charge is 2.27. The summed E-state index contributed by atoms with van der Waals surface area (Å²) in [6.45, 7) is 8.71. The van der Waals surface area contributed by atoms with Crippen LogP contribution in [0.4, 0.5) is 26.3 Å². The molecule has 0 heterocycles. The van der Waals surface area contributed by atoms with Gasteiger partial charge in [-0.05, 0) is 33.6 Å². The van der Waals surface area contributed by atoms with Gasteiger partial charge in [0.05, 0.1) is 0 Å². The number of rotatable bonds is 5. The molecule has 0 bridgehead atoms. The molecule has 0 fully saturated rings. The molecule has 0 aliphatic heterocycles. The van der Waals surface area contributed by atoms with Gasteiger partial charge in [0.2, 0.25) is 0 Å². The second-order valence-corrected chi connectivity index (χ2v) is 5.75. The molecule has 9 heteroatoms. The van der Waals surface area contributed by atoms with Crippen LogP contribution in [0.25, 0.3) is 0 Å². The van der Waals surface area contributed by atoms with Crippen LogP contribution in [0.15, 0.2) is 0 Å². The third-order valence-corrected chi connectivity index (χ3v) is 2.32. The van der Waals surface area contributed by atoms with Crippen molar-refractivity contribution in [3.8, 4) is 12.8 Å². The van der Waals surface area contributed by atoms with E-state index in [1.807, 2.05) is 20.8 Å². The Balaban J connectivity index is -0.000000140. The van der Waals surface area contributed by atoms with Crippen molar-refractivity contribution in [2.45, 2.75) is 78.3 Å².